The van der Waals surface area contributed by atoms with Gasteiger partial charge in [0.25, 0.3) is 5.91 Å². The minimum Gasteiger partial charge on any atom is -0.494 e. The largest absolute Gasteiger partial charge is 0.573 e. The number of carboxylic acids is 1. The van der Waals surface area contributed by atoms with Crippen molar-refractivity contribution < 1.29 is 46.5 Å². The summed E-state index contributed by atoms with van der Waals surface area (Å²) in [6.45, 7) is 3.06. The number of amides is 1. The van der Waals surface area contributed by atoms with Crippen LogP contribution in [0.25, 0.3) is 10.9 Å². The van der Waals surface area contributed by atoms with E-state index in [1.807, 2.05) is 0 Å². The van der Waals surface area contributed by atoms with Gasteiger partial charge in [-0.2, -0.15) is 0 Å². The summed E-state index contributed by atoms with van der Waals surface area (Å²) >= 11 is 0. The molecular weight excluding hydrogens is 488 g/mol. The second kappa shape index (κ2) is 10.3. The molecule has 0 saturated heterocycles. The van der Waals surface area contributed by atoms with Crippen LogP contribution < -0.4 is 14.8 Å². The van der Waals surface area contributed by atoms with Crippen LogP contribution in [0.1, 0.15) is 35.0 Å². The first kappa shape index (κ1) is 26.5. The van der Waals surface area contributed by atoms with Gasteiger partial charge < -0.3 is 19.9 Å². The number of carbonyl (C=O) groups excluding carboxylic acids is 2. The zero-order valence-electron chi connectivity index (χ0n) is 19.4. The number of aliphatic carboxylic acids is 1. The maximum atomic E-state index is 14.6. The summed E-state index contributed by atoms with van der Waals surface area (Å²) in [5.74, 6) is -3.69. The predicted molar refractivity (Wildman–Crippen MR) is 120 cm³/mol. The van der Waals surface area contributed by atoms with Crippen molar-refractivity contribution in [3.05, 3.63) is 59.0 Å². The molecule has 0 saturated carbocycles. The Kier molecular flexibility index (Phi) is 7.56. The van der Waals surface area contributed by atoms with Crippen molar-refractivity contribution in [3.63, 3.8) is 0 Å². The molecule has 0 fully saturated rings. The molecule has 0 radical (unpaired) electrons. The maximum absolute atomic E-state index is 14.6. The van der Waals surface area contributed by atoms with Gasteiger partial charge in [0.05, 0.1) is 25.5 Å². The molecule has 0 aliphatic heterocycles. The summed E-state index contributed by atoms with van der Waals surface area (Å²) in [5, 5.41) is 11.8. The minimum absolute atomic E-state index is 0.00756. The van der Waals surface area contributed by atoms with E-state index in [0.717, 1.165) is 34.9 Å². The van der Waals surface area contributed by atoms with Crippen LogP contribution in [0.15, 0.2) is 36.4 Å². The van der Waals surface area contributed by atoms with Crippen LogP contribution in [0.2, 0.25) is 0 Å². The first-order valence-corrected chi connectivity index (χ1v) is 10.6. The Hall–Kier alpha value is -4.09. The Morgan fingerprint density at radius 2 is 1.78 bits per heavy atom. The lowest BCUT2D eigenvalue weighted by molar-refractivity contribution is -0.274. The Morgan fingerprint density at radius 1 is 1.14 bits per heavy atom. The third-order valence-corrected chi connectivity index (χ3v) is 5.37. The maximum Gasteiger partial charge on any atom is 0.573 e. The molecule has 1 aromatic heterocycles. The fraction of sp³-hybridized carbons (Fsp3) is 0.292. The van der Waals surface area contributed by atoms with Gasteiger partial charge in [-0.3, -0.25) is 19.0 Å². The molecule has 1 amide bonds. The number of halogens is 4. The Morgan fingerprint density at radius 3 is 2.33 bits per heavy atom. The summed E-state index contributed by atoms with van der Waals surface area (Å²) in [5.41, 5.74) is 0.771. The van der Waals surface area contributed by atoms with Crippen molar-refractivity contribution in [1.82, 2.24) is 9.88 Å². The molecule has 2 N–H and O–H groups in total. The van der Waals surface area contributed by atoms with Crippen LogP contribution >= 0.6 is 0 Å². The molecule has 0 spiro atoms. The summed E-state index contributed by atoms with van der Waals surface area (Å²) in [7, 11) is 1.25. The van der Waals surface area contributed by atoms with E-state index >= 15 is 0 Å². The highest BCUT2D eigenvalue weighted by molar-refractivity contribution is 6.05. The lowest BCUT2D eigenvalue weighted by atomic mass is 10.1. The fourth-order valence-corrected chi connectivity index (χ4v) is 3.85. The van der Waals surface area contributed by atoms with Gasteiger partial charge >= 0.3 is 12.3 Å². The number of hydrogen-bond acceptors (Lipinski definition) is 5. The number of aromatic nitrogens is 1. The Bertz CT molecular complexity index is 1320. The van der Waals surface area contributed by atoms with Gasteiger partial charge in [-0.25, -0.2) is 4.39 Å². The summed E-state index contributed by atoms with van der Waals surface area (Å²) in [6, 6.07) is 5.96. The SMILES string of the molecule is COc1cc2c(CC(=O)NC(C)CC(=O)O)c(C)n(C(=O)c3ccc(OC(F)(F)F)cc3)c2cc1F. The summed E-state index contributed by atoms with van der Waals surface area (Å²) in [4.78, 5) is 36.8. The van der Waals surface area contributed by atoms with Gasteiger partial charge in [0, 0.05) is 28.8 Å². The van der Waals surface area contributed by atoms with E-state index in [4.69, 9.17) is 9.84 Å². The molecule has 0 aliphatic rings. The number of ether oxygens (including phenoxy) is 2. The third-order valence-electron chi connectivity index (χ3n) is 5.37. The van der Waals surface area contributed by atoms with Crippen molar-refractivity contribution in [2.75, 3.05) is 7.11 Å². The van der Waals surface area contributed by atoms with Crippen LogP contribution in [0.4, 0.5) is 17.6 Å². The molecule has 1 unspecified atom stereocenters. The van der Waals surface area contributed by atoms with Crippen LogP contribution in [-0.2, 0) is 16.0 Å². The Balaban J connectivity index is 2.03. The van der Waals surface area contributed by atoms with Crippen molar-refractivity contribution in [3.8, 4) is 11.5 Å². The second-order valence-corrected chi connectivity index (χ2v) is 8.02. The van der Waals surface area contributed by atoms with Gasteiger partial charge in [0.1, 0.15) is 5.75 Å². The number of benzene rings is 2. The monoisotopic (exact) mass is 510 g/mol. The van der Waals surface area contributed by atoms with Gasteiger partial charge in [0.15, 0.2) is 11.6 Å². The molecule has 1 heterocycles. The molecule has 0 bridgehead atoms. The number of methoxy groups -OCH3 is 1. The first-order valence-electron chi connectivity index (χ1n) is 10.6. The molecule has 0 aliphatic carbocycles. The van der Waals surface area contributed by atoms with Gasteiger partial charge in [-0.1, -0.05) is 0 Å². The highest BCUT2D eigenvalue weighted by Crippen LogP contribution is 2.33. The highest BCUT2D eigenvalue weighted by Gasteiger charge is 2.31. The molecule has 192 valence electrons. The zero-order valence-corrected chi connectivity index (χ0v) is 19.4. The van der Waals surface area contributed by atoms with E-state index in [-0.39, 0.29) is 29.7 Å². The van der Waals surface area contributed by atoms with E-state index < -0.39 is 41.8 Å². The Labute approximate surface area is 202 Å². The highest BCUT2D eigenvalue weighted by atomic mass is 19.4. The fourth-order valence-electron chi connectivity index (χ4n) is 3.85. The molecule has 12 heteroatoms. The predicted octanol–water partition coefficient (Wildman–Crippen LogP) is 4.21. The van der Waals surface area contributed by atoms with E-state index in [1.54, 1.807) is 0 Å². The molecule has 2 aromatic carbocycles. The number of carbonyl (C=O) groups is 3. The first-order chi connectivity index (χ1) is 16.8. The number of fused-ring (bicyclic) bond motifs is 1. The van der Waals surface area contributed by atoms with Crippen molar-refractivity contribution in [2.24, 2.45) is 0 Å². The van der Waals surface area contributed by atoms with E-state index in [9.17, 15) is 31.9 Å². The van der Waals surface area contributed by atoms with E-state index in [0.29, 0.717) is 16.6 Å². The second-order valence-electron chi connectivity index (χ2n) is 8.02. The molecule has 3 aromatic rings. The number of carboxylic acid groups (broad SMARTS) is 1. The quantitative estimate of drug-likeness (QED) is 0.440. The molecule has 36 heavy (non-hydrogen) atoms. The standard InChI is InChI=1S/C24H22F4N2O6/c1-12(8-22(32)33)29-21(31)10-16-13(2)30(19-11-18(25)20(35-3)9-17(16)19)23(34)14-4-6-15(7-5-14)36-24(26,27)28/h4-7,9,11-12H,8,10H2,1-3H3,(H,29,31)(H,32,33). The van der Waals surface area contributed by atoms with Crippen molar-refractivity contribution in [2.45, 2.75) is 39.1 Å². The number of nitrogens with zero attached hydrogens (tertiary/aromatic N) is 1. The normalized spacial score (nSPS) is 12.3. The minimum atomic E-state index is -4.90. The van der Waals surface area contributed by atoms with Crippen molar-refractivity contribution in [1.29, 1.82) is 0 Å². The van der Waals surface area contributed by atoms with Crippen LogP contribution in [0, 0.1) is 12.7 Å². The molecule has 1 atom stereocenters. The number of rotatable bonds is 8. The smallest absolute Gasteiger partial charge is 0.494 e. The van der Waals surface area contributed by atoms with E-state index in [2.05, 4.69) is 10.1 Å². The lowest BCUT2D eigenvalue weighted by Crippen LogP contribution is -2.35. The van der Waals surface area contributed by atoms with Crippen LogP contribution in [0.5, 0.6) is 11.5 Å². The zero-order chi connectivity index (χ0) is 26.8. The van der Waals surface area contributed by atoms with Gasteiger partial charge in [-0.15, -0.1) is 13.2 Å². The number of nitrogens with one attached hydrogen (secondary N) is 1. The van der Waals surface area contributed by atoms with Crippen LogP contribution in [0.3, 0.4) is 0 Å². The van der Waals surface area contributed by atoms with Crippen molar-refractivity contribution >= 4 is 28.7 Å². The topological polar surface area (TPSA) is 107 Å². The average Bonchev–Trinajstić information content (AvgIpc) is 3.01. The molecule has 8 nitrogen and oxygen atoms in total. The van der Waals surface area contributed by atoms with Crippen LogP contribution in [-0.4, -0.2) is 47.0 Å². The third kappa shape index (κ3) is 5.93. The summed E-state index contributed by atoms with van der Waals surface area (Å²) < 4.78 is 61.9. The van der Waals surface area contributed by atoms with E-state index in [1.165, 1.54) is 27.0 Å². The molecule has 3 rings (SSSR count). The number of hydrogen-bond donors (Lipinski definition) is 2. The molecular formula is C24H22F4N2O6. The lowest BCUT2D eigenvalue weighted by Gasteiger charge is -2.12. The van der Waals surface area contributed by atoms with Gasteiger partial charge in [-0.05, 0) is 49.7 Å². The van der Waals surface area contributed by atoms with Gasteiger partial charge in [0.2, 0.25) is 5.91 Å². The number of alkyl halides is 3. The summed E-state index contributed by atoms with van der Waals surface area (Å²) in [6.07, 6.45) is -5.44. The average molecular weight is 510 g/mol.